The number of rotatable bonds is 3. The van der Waals surface area contributed by atoms with Gasteiger partial charge in [-0.3, -0.25) is 0 Å². The highest BCUT2D eigenvalue weighted by molar-refractivity contribution is 6.33. The first kappa shape index (κ1) is 12.8. The van der Waals surface area contributed by atoms with Crippen molar-refractivity contribution in [2.24, 2.45) is 0 Å². The Morgan fingerprint density at radius 1 is 1.31 bits per heavy atom. The summed E-state index contributed by atoms with van der Waals surface area (Å²) in [5.74, 6) is 3.30. The molecule has 0 aliphatic rings. The van der Waals surface area contributed by atoms with Crippen molar-refractivity contribution in [2.45, 2.75) is 27.1 Å². The third-order valence-electron chi connectivity index (χ3n) is 2.86. The second-order valence-corrected chi connectivity index (χ2v) is 5.02. The molecule has 1 atom stereocenters. The van der Waals surface area contributed by atoms with Gasteiger partial charge in [-0.25, -0.2) is 0 Å². The van der Waals surface area contributed by atoms with Gasteiger partial charge >= 0.3 is 0 Å². The Morgan fingerprint density at radius 2 is 1.94 bits per heavy atom. The molecule has 0 saturated carbocycles. The van der Waals surface area contributed by atoms with Gasteiger partial charge in [0.05, 0.1) is 0 Å². The van der Waals surface area contributed by atoms with Crippen LogP contribution in [0.3, 0.4) is 0 Å². The molecule has 0 heterocycles. The highest BCUT2D eigenvalue weighted by Crippen LogP contribution is 2.25. The first-order chi connectivity index (χ1) is 7.51. The minimum Gasteiger partial charge on any atom is -0.453 e. The van der Waals surface area contributed by atoms with Crippen molar-refractivity contribution in [3.63, 3.8) is 0 Å². The highest BCUT2D eigenvalue weighted by Gasteiger charge is 2.12. The molecule has 0 amide bonds. The zero-order valence-electron chi connectivity index (χ0n) is 10.5. The summed E-state index contributed by atoms with van der Waals surface area (Å²) in [5.41, 5.74) is 3.56. The Hall–Kier alpha value is -1.24. The van der Waals surface area contributed by atoms with Crippen LogP contribution in [-0.2, 0) is 4.74 Å². The molecule has 1 aromatic carbocycles. The predicted octanol–water partition coefficient (Wildman–Crippen LogP) is 0.587. The fourth-order valence-electron chi connectivity index (χ4n) is 1.70. The first-order valence-electron chi connectivity index (χ1n) is 5.24. The molecule has 0 aliphatic heterocycles. The number of benzene rings is 1. The Balaban J connectivity index is 3.15. The molecular weight excluding hydrogens is 216 g/mol. The molecule has 3 heteroatoms. The summed E-state index contributed by atoms with van der Waals surface area (Å²) >= 11 is 0. The summed E-state index contributed by atoms with van der Waals surface area (Å²) in [6, 6.07) is 2.16. The maximum atomic E-state index is 5.67. The van der Waals surface area contributed by atoms with E-state index in [0.717, 1.165) is 27.1 Å². The summed E-state index contributed by atoms with van der Waals surface area (Å²) in [7, 11) is 2.59. The van der Waals surface area contributed by atoms with Gasteiger partial charge in [0.2, 0.25) is 0 Å². The first-order valence-corrected chi connectivity index (χ1v) is 6.24. The Kier molecular flexibility index (Phi) is 4.16. The third kappa shape index (κ3) is 2.46. The van der Waals surface area contributed by atoms with Gasteiger partial charge in [0.1, 0.15) is 5.75 Å². The monoisotopic (exact) mass is 234 g/mol. The minimum atomic E-state index is -0.614. The zero-order chi connectivity index (χ0) is 12.3. The van der Waals surface area contributed by atoms with E-state index in [-0.39, 0.29) is 0 Å². The van der Waals surface area contributed by atoms with Crippen molar-refractivity contribution in [2.75, 3.05) is 7.11 Å². The second-order valence-electron chi connectivity index (χ2n) is 3.94. The summed E-state index contributed by atoms with van der Waals surface area (Å²) in [5, 5.41) is 1.40. The van der Waals surface area contributed by atoms with Gasteiger partial charge < -0.3 is 9.47 Å². The van der Waals surface area contributed by atoms with Gasteiger partial charge in [-0.05, 0) is 43.4 Å². The van der Waals surface area contributed by atoms with Gasteiger partial charge in [-0.15, -0.1) is 6.42 Å². The summed E-state index contributed by atoms with van der Waals surface area (Å²) in [6.45, 7) is 6.20. The maximum absolute atomic E-state index is 5.67. The van der Waals surface area contributed by atoms with E-state index in [2.05, 4.69) is 25.8 Å². The van der Waals surface area contributed by atoms with Gasteiger partial charge in [0.15, 0.2) is 0 Å². The van der Waals surface area contributed by atoms with Crippen LogP contribution in [0.15, 0.2) is 6.07 Å². The second kappa shape index (κ2) is 5.20. The van der Waals surface area contributed by atoms with E-state index in [0.29, 0.717) is 0 Å². The number of aryl methyl sites for hydroxylation is 1. The van der Waals surface area contributed by atoms with Crippen molar-refractivity contribution >= 4 is 15.4 Å². The van der Waals surface area contributed by atoms with E-state index in [1.165, 1.54) is 10.8 Å². The fourth-order valence-corrected chi connectivity index (χ4v) is 2.51. The third-order valence-corrected chi connectivity index (χ3v) is 3.90. The molecule has 0 bridgehead atoms. The Morgan fingerprint density at radius 3 is 2.44 bits per heavy atom. The van der Waals surface area contributed by atoms with E-state index in [1.807, 2.05) is 6.92 Å². The van der Waals surface area contributed by atoms with E-state index in [1.54, 1.807) is 7.11 Å². The molecule has 0 aromatic heterocycles. The molecule has 1 unspecified atom stereocenters. The van der Waals surface area contributed by atoms with Crippen molar-refractivity contribution in [1.82, 2.24) is 0 Å². The van der Waals surface area contributed by atoms with Gasteiger partial charge in [0.25, 0.3) is 6.29 Å². The van der Waals surface area contributed by atoms with Gasteiger partial charge in [-0.1, -0.05) is 11.3 Å². The van der Waals surface area contributed by atoms with E-state index in [4.69, 9.17) is 15.9 Å². The van der Waals surface area contributed by atoms with Crippen LogP contribution in [0.5, 0.6) is 5.75 Å². The lowest BCUT2D eigenvalue weighted by Gasteiger charge is -2.18. The number of terminal acetylenes is 1. The van der Waals surface area contributed by atoms with Crippen LogP contribution in [0.4, 0.5) is 0 Å². The lowest BCUT2D eigenvalue weighted by atomic mass is 10.1. The Bertz CT molecular complexity index is 433. The number of hydrogen-bond donors (Lipinski definition) is 0. The number of methoxy groups -OCH3 is 1. The smallest absolute Gasteiger partial charge is 0.264 e. The molecule has 1 rings (SSSR count). The highest BCUT2D eigenvalue weighted by atomic mass is 28.1. The van der Waals surface area contributed by atoms with Crippen LogP contribution in [0.2, 0.25) is 0 Å². The van der Waals surface area contributed by atoms with Crippen LogP contribution in [0.25, 0.3) is 0 Å². The summed E-state index contributed by atoms with van der Waals surface area (Å²) in [6.07, 6.45) is 4.69. The summed E-state index contributed by atoms with van der Waals surface area (Å²) < 4.78 is 10.7. The van der Waals surface area contributed by atoms with Crippen LogP contribution in [-0.4, -0.2) is 23.6 Å². The maximum Gasteiger partial charge on any atom is 0.264 e. The molecular formula is C13H18O2Si. The zero-order valence-corrected chi connectivity index (χ0v) is 12.5. The fraction of sp³-hybridized carbons (Fsp3) is 0.385. The lowest BCUT2D eigenvalue weighted by Crippen LogP contribution is -2.19. The molecule has 2 nitrogen and oxygen atoms in total. The van der Waals surface area contributed by atoms with Crippen molar-refractivity contribution in [3.05, 3.63) is 22.8 Å². The van der Waals surface area contributed by atoms with Gasteiger partial charge in [0, 0.05) is 17.4 Å². The van der Waals surface area contributed by atoms with Crippen LogP contribution < -0.4 is 9.92 Å². The van der Waals surface area contributed by atoms with E-state index < -0.39 is 6.29 Å². The van der Waals surface area contributed by atoms with E-state index in [9.17, 15) is 0 Å². The molecule has 0 radical (unpaired) electrons. The molecule has 0 spiro atoms. The lowest BCUT2D eigenvalue weighted by molar-refractivity contribution is -0.00889. The van der Waals surface area contributed by atoms with Crippen molar-refractivity contribution in [3.8, 4) is 18.1 Å². The predicted molar refractivity (Wildman–Crippen MR) is 70.5 cm³/mol. The number of hydrogen-bond acceptors (Lipinski definition) is 2. The Labute approximate surface area is 100 Å². The normalized spacial score (nSPS) is 12.2. The minimum absolute atomic E-state index is 0.614. The van der Waals surface area contributed by atoms with Crippen LogP contribution in [0, 0.1) is 33.1 Å². The molecule has 1 aromatic rings. The molecule has 0 aliphatic carbocycles. The van der Waals surface area contributed by atoms with Gasteiger partial charge in [-0.2, -0.15) is 0 Å². The average Bonchev–Trinajstić information content (AvgIpc) is 2.27. The van der Waals surface area contributed by atoms with E-state index >= 15 is 0 Å². The van der Waals surface area contributed by atoms with Crippen LogP contribution in [0.1, 0.15) is 16.7 Å². The molecule has 16 heavy (non-hydrogen) atoms. The number of ether oxygens (including phenoxy) is 2. The topological polar surface area (TPSA) is 18.5 Å². The van der Waals surface area contributed by atoms with Crippen molar-refractivity contribution in [1.29, 1.82) is 0 Å². The quantitative estimate of drug-likeness (QED) is 0.433. The SMILES string of the molecule is C#CC(OC)Oc1c(C)cc([SiH3])c(C)c1C. The molecule has 86 valence electrons. The molecule has 0 saturated heterocycles. The standard InChI is InChI=1S/C13H18O2Si/c1-6-12(14-5)15-13-8(2)7-11(16)9(3)10(13)4/h1,7,12H,2-5,16H3. The molecule has 0 fully saturated rings. The van der Waals surface area contributed by atoms with Crippen LogP contribution >= 0.6 is 0 Å². The largest absolute Gasteiger partial charge is 0.453 e. The molecule has 0 N–H and O–H groups in total. The van der Waals surface area contributed by atoms with Crippen molar-refractivity contribution < 1.29 is 9.47 Å². The average molecular weight is 234 g/mol. The summed E-state index contributed by atoms with van der Waals surface area (Å²) in [4.78, 5) is 0.